The molecule has 2 aromatic carbocycles. The summed E-state index contributed by atoms with van der Waals surface area (Å²) in [5.74, 6) is -1.40. The molecule has 174 valence electrons. The first-order chi connectivity index (χ1) is 16.9. The number of carbonyl (C=O) groups is 4. The van der Waals surface area contributed by atoms with E-state index in [1.807, 2.05) is 30.3 Å². The highest BCUT2D eigenvalue weighted by molar-refractivity contribution is 6.25. The van der Waals surface area contributed by atoms with E-state index in [2.05, 4.69) is 5.32 Å². The van der Waals surface area contributed by atoms with Gasteiger partial charge in [0.05, 0.1) is 35.9 Å². The monoisotopic (exact) mass is 469 g/mol. The van der Waals surface area contributed by atoms with Crippen LogP contribution in [-0.4, -0.2) is 41.8 Å². The Labute approximate surface area is 198 Å². The van der Waals surface area contributed by atoms with Crippen LogP contribution < -0.4 is 15.0 Å². The molecule has 0 radical (unpaired) electrons. The van der Waals surface area contributed by atoms with E-state index in [1.54, 1.807) is 22.6 Å². The number of fused-ring (bicyclic) bond motifs is 10. The van der Waals surface area contributed by atoms with E-state index in [9.17, 15) is 19.2 Å². The number of imide groups is 1. The quantitative estimate of drug-likeness (QED) is 0.365. The molecule has 3 amide bonds. The molecule has 0 saturated heterocycles. The highest BCUT2D eigenvalue weighted by atomic mass is 16.5. The molecular formula is C26H19N3O6. The third-order valence-corrected chi connectivity index (χ3v) is 6.48. The second kappa shape index (κ2) is 7.42. The van der Waals surface area contributed by atoms with Gasteiger partial charge >= 0.3 is 5.97 Å². The summed E-state index contributed by atoms with van der Waals surface area (Å²) in [4.78, 5) is 52.1. The number of amides is 3. The van der Waals surface area contributed by atoms with Crippen LogP contribution in [0, 0.1) is 0 Å². The van der Waals surface area contributed by atoms with Gasteiger partial charge in [0.25, 0.3) is 17.7 Å². The minimum atomic E-state index is -0.557. The molecule has 9 nitrogen and oxygen atoms in total. The summed E-state index contributed by atoms with van der Waals surface area (Å²) in [6.07, 6.45) is 0. The van der Waals surface area contributed by atoms with Crippen LogP contribution in [0.2, 0.25) is 0 Å². The average Bonchev–Trinajstić information content (AvgIpc) is 3.38. The van der Waals surface area contributed by atoms with Crippen molar-refractivity contribution >= 4 is 45.8 Å². The van der Waals surface area contributed by atoms with E-state index in [-0.39, 0.29) is 17.8 Å². The van der Waals surface area contributed by atoms with Crippen molar-refractivity contribution in [2.24, 2.45) is 0 Å². The number of carbonyl (C=O) groups excluding carboxylic acids is 4. The number of benzene rings is 2. The van der Waals surface area contributed by atoms with Crippen molar-refractivity contribution in [3.05, 3.63) is 65.4 Å². The molecule has 1 N–H and O–H groups in total. The first-order valence-corrected chi connectivity index (χ1v) is 11.0. The van der Waals surface area contributed by atoms with E-state index < -0.39 is 30.3 Å². The van der Waals surface area contributed by atoms with Crippen LogP contribution in [0.1, 0.15) is 33.3 Å². The van der Waals surface area contributed by atoms with E-state index in [1.165, 1.54) is 18.9 Å². The van der Waals surface area contributed by atoms with Crippen molar-refractivity contribution in [3.8, 4) is 16.9 Å². The van der Waals surface area contributed by atoms with Gasteiger partial charge < -0.3 is 18.8 Å². The summed E-state index contributed by atoms with van der Waals surface area (Å²) < 4.78 is 12.2. The highest BCUT2D eigenvalue weighted by Crippen LogP contribution is 2.47. The second-order valence-corrected chi connectivity index (χ2v) is 8.43. The van der Waals surface area contributed by atoms with Crippen molar-refractivity contribution < 1.29 is 28.7 Å². The fourth-order valence-electron chi connectivity index (χ4n) is 5.03. The molecule has 9 heteroatoms. The Balaban J connectivity index is 1.71. The van der Waals surface area contributed by atoms with Crippen LogP contribution in [-0.2, 0) is 20.9 Å². The fraction of sp³-hybridized carbons (Fsp3) is 0.154. The minimum absolute atomic E-state index is 0.128. The topological polar surface area (TPSA) is 106 Å². The molecule has 2 aliphatic heterocycles. The SMILES string of the molecule is COc1ccc2c(c1)-c1c3c(n4c(cc5ccccc54)c1CN2C(=O)COC(C)=O)C(=O)NC3=O. The second-order valence-electron chi connectivity index (χ2n) is 8.43. The number of pyridine rings is 1. The van der Waals surface area contributed by atoms with Crippen LogP contribution in [0.3, 0.4) is 0 Å². The van der Waals surface area contributed by atoms with Gasteiger partial charge in [0.1, 0.15) is 11.4 Å². The molecule has 0 atom stereocenters. The largest absolute Gasteiger partial charge is 0.497 e. The number of nitrogens with zero attached hydrogens (tertiary/aromatic N) is 2. The molecule has 0 spiro atoms. The molecule has 0 saturated carbocycles. The third kappa shape index (κ3) is 2.94. The number of methoxy groups -OCH3 is 1. The zero-order chi connectivity index (χ0) is 24.4. The van der Waals surface area contributed by atoms with Gasteiger partial charge in [0, 0.05) is 29.0 Å². The number of ether oxygens (including phenoxy) is 2. The van der Waals surface area contributed by atoms with Crippen LogP contribution >= 0.6 is 0 Å². The Morgan fingerprint density at radius 2 is 1.80 bits per heavy atom. The van der Waals surface area contributed by atoms with Gasteiger partial charge in [0.15, 0.2) is 6.61 Å². The molecule has 2 aromatic heterocycles. The lowest BCUT2D eigenvalue weighted by Crippen LogP contribution is -2.37. The van der Waals surface area contributed by atoms with Gasteiger partial charge in [-0.25, -0.2) is 0 Å². The predicted molar refractivity (Wildman–Crippen MR) is 127 cm³/mol. The number of anilines is 1. The van der Waals surface area contributed by atoms with Crippen LogP contribution in [0.5, 0.6) is 5.75 Å². The Morgan fingerprint density at radius 3 is 2.57 bits per heavy atom. The number of para-hydroxylation sites is 1. The Bertz CT molecular complexity index is 1630. The number of esters is 1. The number of hydrogen-bond donors (Lipinski definition) is 1. The summed E-state index contributed by atoms with van der Waals surface area (Å²) in [5, 5.41) is 3.33. The first kappa shape index (κ1) is 20.9. The Kier molecular flexibility index (Phi) is 4.44. The Hall–Kier alpha value is -4.66. The molecule has 0 bridgehead atoms. The lowest BCUT2D eigenvalue weighted by molar-refractivity contribution is -0.145. The molecule has 0 fully saturated rings. The van der Waals surface area contributed by atoms with Gasteiger partial charge in [-0.3, -0.25) is 24.5 Å². The average molecular weight is 469 g/mol. The van der Waals surface area contributed by atoms with E-state index >= 15 is 0 Å². The molecule has 4 heterocycles. The first-order valence-electron chi connectivity index (χ1n) is 11.0. The number of nitrogens with one attached hydrogen (secondary N) is 1. The van der Waals surface area contributed by atoms with Gasteiger partial charge in [-0.05, 0) is 30.3 Å². The smallest absolute Gasteiger partial charge is 0.303 e. The molecule has 4 aromatic rings. The minimum Gasteiger partial charge on any atom is -0.497 e. The van der Waals surface area contributed by atoms with Crippen molar-refractivity contribution in [2.75, 3.05) is 18.6 Å². The number of rotatable bonds is 3. The lowest BCUT2D eigenvalue weighted by atomic mass is 9.88. The summed E-state index contributed by atoms with van der Waals surface area (Å²) in [5.41, 5.74) is 4.43. The van der Waals surface area contributed by atoms with Crippen LogP contribution in [0.25, 0.3) is 27.5 Å². The maximum absolute atomic E-state index is 13.2. The number of aromatic nitrogens is 1. The normalized spacial score (nSPS) is 13.9. The van der Waals surface area contributed by atoms with E-state index in [4.69, 9.17) is 9.47 Å². The summed E-state index contributed by atoms with van der Waals surface area (Å²) in [6, 6.07) is 14.7. The van der Waals surface area contributed by atoms with Gasteiger partial charge in [-0.1, -0.05) is 18.2 Å². The molecule has 35 heavy (non-hydrogen) atoms. The molecular weight excluding hydrogens is 450 g/mol. The molecule has 0 aliphatic carbocycles. The molecule has 2 aliphatic rings. The maximum Gasteiger partial charge on any atom is 0.303 e. The van der Waals surface area contributed by atoms with E-state index in [0.29, 0.717) is 33.6 Å². The number of hydrogen-bond acceptors (Lipinski definition) is 6. The van der Waals surface area contributed by atoms with Gasteiger partial charge in [-0.15, -0.1) is 0 Å². The van der Waals surface area contributed by atoms with Crippen molar-refractivity contribution in [2.45, 2.75) is 13.5 Å². The fourth-order valence-corrected chi connectivity index (χ4v) is 5.03. The van der Waals surface area contributed by atoms with Gasteiger partial charge in [-0.2, -0.15) is 0 Å². The van der Waals surface area contributed by atoms with Crippen molar-refractivity contribution in [3.63, 3.8) is 0 Å². The highest BCUT2D eigenvalue weighted by Gasteiger charge is 2.39. The summed E-state index contributed by atoms with van der Waals surface area (Å²) in [7, 11) is 1.53. The Morgan fingerprint density at radius 1 is 1.00 bits per heavy atom. The standard InChI is InChI=1S/C26H19N3O6/c1-13(30)35-12-21(31)28-11-17-20-9-14-5-3-4-6-18(14)29(20)24-23(25(32)27-26(24)33)22(17)16-10-15(34-2)7-8-19(16)28/h3-10H,11-12H2,1-2H3,(H,27,32,33). The summed E-state index contributed by atoms with van der Waals surface area (Å²) in [6.45, 7) is 0.953. The lowest BCUT2D eigenvalue weighted by Gasteiger charge is -2.33. The van der Waals surface area contributed by atoms with Crippen LogP contribution in [0.15, 0.2) is 48.5 Å². The van der Waals surface area contributed by atoms with Crippen molar-refractivity contribution in [1.82, 2.24) is 9.72 Å². The van der Waals surface area contributed by atoms with E-state index in [0.717, 1.165) is 10.9 Å². The predicted octanol–water partition coefficient (Wildman–Crippen LogP) is 3.06. The molecule has 6 rings (SSSR count). The maximum atomic E-state index is 13.2. The summed E-state index contributed by atoms with van der Waals surface area (Å²) >= 11 is 0. The molecule has 0 unspecified atom stereocenters. The zero-order valence-corrected chi connectivity index (χ0v) is 18.9. The third-order valence-electron chi connectivity index (χ3n) is 6.48. The van der Waals surface area contributed by atoms with Gasteiger partial charge in [0.2, 0.25) is 0 Å². The zero-order valence-electron chi connectivity index (χ0n) is 18.9. The van der Waals surface area contributed by atoms with Crippen LogP contribution in [0.4, 0.5) is 5.69 Å². The van der Waals surface area contributed by atoms with Crippen molar-refractivity contribution in [1.29, 1.82) is 0 Å².